The minimum atomic E-state index is -1.01. The van der Waals surface area contributed by atoms with Crippen molar-refractivity contribution in [2.24, 2.45) is 7.05 Å². The Hall–Kier alpha value is -1.93. The number of hydrogen-bond acceptors (Lipinski definition) is 5. The van der Waals surface area contributed by atoms with Crippen LogP contribution >= 0.6 is 0 Å². The lowest BCUT2D eigenvalue weighted by molar-refractivity contribution is -0.168. The van der Waals surface area contributed by atoms with Crippen LogP contribution in [0.25, 0.3) is 0 Å². The van der Waals surface area contributed by atoms with Crippen molar-refractivity contribution >= 4 is 11.8 Å². The molecule has 1 atom stereocenters. The fraction of sp³-hybridized carbons (Fsp3) is 0.737. The smallest absolute Gasteiger partial charge is 0.272 e. The predicted molar refractivity (Wildman–Crippen MR) is 97.5 cm³/mol. The molecule has 1 aromatic heterocycles. The Balaban J connectivity index is 1.53. The van der Waals surface area contributed by atoms with E-state index in [1.165, 1.54) is 0 Å². The molecule has 2 fully saturated rings. The standard InChI is InChI=1S/C19H28N4O4/c1-19(18(25)22-7-10-26-11-8-22)13-23(9-12-27-19)17(24)16-14-5-3-4-6-15(14)20-21(16)2/h3-13H2,1-2H3/t19-/m0/s1. The maximum atomic E-state index is 13.3. The van der Waals surface area contributed by atoms with E-state index in [1.807, 2.05) is 7.05 Å². The van der Waals surface area contributed by atoms with Crippen LogP contribution in [0.4, 0.5) is 0 Å². The lowest BCUT2D eigenvalue weighted by Gasteiger charge is -2.42. The lowest BCUT2D eigenvalue weighted by atomic mass is 9.95. The molecule has 148 valence electrons. The van der Waals surface area contributed by atoms with Gasteiger partial charge in [0, 0.05) is 32.2 Å². The van der Waals surface area contributed by atoms with E-state index in [2.05, 4.69) is 5.10 Å². The van der Waals surface area contributed by atoms with Gasteiger partial charge in [0.25, 0.3) is 11.8 Å². The van der Waals surface area contributed by atoms with Crippen molar-refractivity contribution in [1.82, 2.24) is 19.6 Å². The third-order valence-electron chi connectivity index (χ3n) is 5.83. The number of aryl methyl sites for hydroxylation is 2. The number of carbonyl (C=O) groups excluding carboxylic acids is 2. The van der Waals surface area contributed by atoms with Crippen LogP contribution in [0.5, 0.6) is 0 Å². The van der Waals surface area contributed by atoms with Crippen molar-refractivity contribution in [2.45, 2.75) is 38.2 Å². The van der Waals surface area contributed by atoms with E-state index in [9.17, 15) is 9.59 Å². The first kappa shape index (κ1) is 18.4. The highest BCUT2D eigenvalue weighted by Crippen LogP contribution is 2.27. The van der Waals surface area contributed by atoms with Crippen molar-refractivity contribution < 1.29 is 19.1 Å². The number of carbonyl (C=O) groups is 2. The highest BCUT2D eigenvalue weighted by molar-refractivity contribution is 5.95. The van der Waals surface area contributed by atoms with Crippen molar-refractivity contribution in [3.8, 4) is 0 Å². The molecule has 3 aliphatic rings. The van der Waals surface area contributed by atoms with Gasteiger partial charge in [-0.15, -0.1) is 0 Å². The van der Waals surface area contributed by atoms with Gasteiger partial charge in [0.15, 0.2) is 5.60 Å². The van der Waals surface area contributed by atoms with Gasteiger partial charge in [-0.25, -0.2) is 0 Å². The Kier molecular flexibility index (Phi) is 4.94. The molecule has 8 nitrogen and oxygen atoms in total. The molecule has 27 heavy (non-hydrogen) atoms. The summed E-state index contributed by atoms with van der Waals surface area (Å²) >= 11 is 0. The molecule has 0 radical (unpaired) electrons. The molecule has 2 saturated heterocycles. The first-order chi connectivity index (χ1) is 13.0. The summed E-state index contributed by atoms with van der Waals surface area (Å²) in [4.78, 5) is 29.9. The van der Waals surface area contributed by atoms with Crippen LogP contribution in [0.15, 0.2) is 0 Å². The molecule has 0 unspecified atom stereocenters. The van der Waals surface area contributed by atoms with E-state index in [-0.39, 0.29) is 18.4 Å². The Morgan fingerprint density at radius 3 is 2.52 bits per heavy atom. The number of amides is 2. The van der Waals surface area contributed by atoms with Gasteiger partial charge in [-0.2, -0.15) is 5.10 Å². The van der Waals surface area contributed by atoms with Crippen molar-refractivity contribution in [3.63, 3.8) is 0 Å². The largest absolute Gasteiger partial charge is 0.378 e. The third kappa shape index (κ3) is 3.36. The van der Waals surface area contributed by atoms with Gasteiger partial charge in [0.05, 0.1) is 32.1 Å². The summed E-state index contributed by atoms with van der Waals surface area (Å²) in [6.45, 7) is 5.15. The van der Waals surface area contributed by atoms with Crippen molar-refractivity contribution in [1.29, 1.82) is 0 Å². The Morgan fingerprint density at radius 1 is 1.04 bits per heavy atom. The number of rotatable bonds is 2. The molecule has 3 heterocycles. The normalized spacial score (nSPS) is 26.0. The fourth-order valence-electron chi connectivity index (χ4n) is 4.37. The number of ether oxygens (including phenoxy) is 2. The zero-order chi connectivity index (χ0) is 19.0. The molecule has 2 amide bonds. The second-order valence-corrected chi connectivity index (χ2v) is 7.82. The summed E-state index contributed by atoms with van der Waals surface area (Å²) in [5.41, 5.74) is 1.80. The van der Waals surface area contributed by atoms with Gasteiger partial charge in [0.2, 0.25) is 0 Å². The molecule has 4 rings (SSSR count). The topological polar surface area (TPSA) is 76.9 Å². The van der Waals surface area contributed by atoms with E-state index in [0.717, 1.165) is 36.9 Å². The third-order valence-corrected chi connectivity index (χ3v) is 5.83. The molecule has 0 bridgehead atoms. The summed E-state index contributed by atoms with van der Waals surface area (Å²) in [5, 5.41) is 4.56. The van der Waals surface area contributed by atoms with Crippen molar-refractivity contribution in [3.05, 3.63) is 17.0 Å². The molecular formula is C19H28N4O4. The zero-order valence-corrected chi connectivity index (χ0v) is 16.2. The fourth-order valence-corrected chi connectivity index (χ4v) is 4.37. The zero-order valence-electron chi connectivity index (χ0n) is 16.2. The van der Waals surface area contributed by atoms with Gasteiger partial charge in [-0.3, -0.25) is 14.3 Å². The second-order valence-electron chi connectivity index (χ2n) is 7.82. The molecule has 1 aliphatic carbocycles. The van der Waals surface area contributed by atoms with Crippen LogP contribution in [0.1, 0.15) is 41.5 Å². The van der Waals surface area contributed by atoms with Gasteiger partial charge in [-0.05, 0) is 32.6 Å². The van der Waals surface area contributed by atoms with Gasteiger partial charge < -0.3 is 19.3 Å². The summed E-state index contributed by atoms with van der Waals surface area (Å²) in [7, 11) is 1.84. The first-order valence-corrected chi connectivity index (χ1v) is 9.85. The van der Waals surface area contributed by atoms with E-state index < -0.39 is 5.60 Å². The van der Waals surface area contributed by atoms with Gasteiger partial charge >= 0.3 is 0 Å². The number of nitrogens with zero attached hydrogens (tertiary/aromatic N) is 4. The minimum Gasteiger partial charge on any atom is -0.378 e. The van der Waals surface area contributed by atoms with Gasteiger partial charge in [0.1, 0.15) is 5.69 Å². The molecule has 1 aromatic rings. The first-order valence-electron chi connectivity index (χ1n) is 9.85. The maximum Gasteiger partial charge on any atom is 0.272 e. The SMILES string of the molecule is Cn1nc2c(c1C(=O)N1CCO[C@](C)(C(=O)N3CCOCC3)C1)CCCC2. The molecule has 0 saturated carbocycles. The average Bonchev–Trinajstić information content (AvgIpc) is 3.03. The molecule has 0 N–H and O–H groups in total. The molecular weight excluding hydrogens is 348 g/mol. The minimum absolute atomic E-state index is 0.0440. The summed E-state index contributed by atoms with van der Waals surface area (Å²) in [5.74, 6) is -0.104. The Bertz CT molecular complexity index is 740. The highest BCUT2D eigenvalue weighted by Gasteiger charge is 2.44. The number of hydrogen-bond donors (Lipinski definition) is 0. The molecule has 8 heteroatoms. The van der Waals surface area contributed by atoms with Crippen LogP contribution in [0.3, 0.4) is 0 Å². The lowest BCUT2D eigenvalue weighted by Crippen LogP contribution is -2.61. The van der Waals surface area contributed by atoms with E-state index in [0.29, 0.717) is 45.1 Å². The summed E-state index contributed by atoms with van der Waals surface area (Å²) < 4.78 is 12.9. The highest BCUT2D eigenvalue weighted by atomic mass is 16.5. The van der Waals surface area contributed by atoms with Crippen LogP contribution < -0.4 is 0 Å². The van der Waals surface area contributed by atoms with Crippen LogP contribution in [0, 0.1) is 0 Å². The Morgan fingerprint density at radius 2 is 1.74 bits per heavy atom. The monoisotopic (exact) mass is 376 g/mol. The summed E-state index contributed by atoms with van der Waals surface area (Å²) in [6, 6.07) is 0. The average molecular weight is 376 g/mol. The summed E-state index contributed by atoms with van der Waals surface area (Å²) in [6.07, 6.45) is 4.06. The van der Waals surface area contributed by atoms with E-state index in [1.54, 1.807) is 21.4 Å². The molecule has 0 spiro atoms. The van der Waals surface area contributed by atoms with E-state index >= 15 is 0 Å². The predicted octanol–water partition coefficient (Wildman–Crippen LogP) is 0.389. The van der Waals surface area contributed by atoms with Crippen LogP contribution in [0.2, 0.25) is 0 Å². The van der Waals surface area contributed by atoms with Crippen LogP contribution in [-0.2, 0) is 34.2 Å². The maximum absolute atomic E-state index is 13.3. The second kappa shape index (κ2) is 7.24. The molecule has 0 aromatic carbocycles. The number of fused-ring (bicyclic) bond motifs is 1. The van der Waals surface area contributed by atoms with Crippen LogP contribution in [-0.4, -0.2) is 83.0 Å². The van der Waals surface area contributed by atoms with E-state index in [4.69, 9.17) is 9.47 Å². The van der Waals surface area contributed by atoms with Crippen molar-refractivity contribution in [2.75, 3.05) is 46.0 Å². The van der Waals surface area contributed by atoms with Gasteiger partial charge in [-0.1, -0.05) is 0 Å². The Labute approximate surface area is 159 Å². The number of morpholine rings is 2. The number of aromatic nitrogens is 2. The quantitative estimate of drug-likeness (QED) is 0.746. The molecule has 2 aliphatic heterocycles.